The van der Waals surface area contributed by atoms with Gasteiger partial charge in [0.05, 0.1) is 6.20 Å². The van der Waals surface area contributed by atoms with Gasteiger partial charge in [0.2, 0.25) is 5.91 Å². The van der Waals surface area contributed by atoms with E-state index in [2.05, 4.69) is 32.9 Å². The van der Waals surface area contributed by atoms with E-state index >= 15 is 0 Å². The van der Waals surface area contributed by atoms with E-state index in [0.717, 1.165) is 14.8 Å². The van der Waals surface area contributed by atoms with Crippen molar-refractivity contribution < 1.29 is 9.21 Å². The van der Waals surface area contributed by atoms with E-state index in [-0.39, 0.29) is 5.91 Å². The van der Waals surface area contributed by atoms with Crippen LogP contribution in [0.3, 0.4) is 0 Å². The number of hydrogen-bond donors (Lipinski definition) is 1. The summed E-state index contributed by atoms with van der Waals surface area (Å²) in [6.45, 7) is 0. The summed E-state index contributed by atoms with van der Waals surface area (Å²) < 4.78 is 6.82. The lowest BCUT2D eigenvalue weighted by molar-refractivity contribution is -0.116. The van der Waals surface area contributed by atoms with Gasteiger partial charge in [-0.25, -0.2) is 4.98 Å². The van der Waals surface area contributed by atoms with E-state index in [1.165, 1.54) is 0 Å². The van der Waals surface area contributed by atoms with Crippen molar-refractivity contribution in [1.29, 1.82) is 0 Å². The van der Waals surface area contributed by atoms with Gasteiger partial charge in [0.1, 0.15) is 0 Å². The maximum atomic E-state index is 12.0. The molecule has 0 aliphatic rings. The number of nitrogens with zero attached hydrogens (tertiary/aromatic N) is 1. The van der Waals surface area contributed by atoms with Crippen LogP contribution in [0.1, 0.15) is 12.3 Å². The lowest BCUT2D eigenvalue weighted by Crippen LogP contribution is -2.12. The monoisotopic (exact) mass is 452 g/mol. The molecule has 122 valence electrons. The molecule has 2 aromatic carbocycles. The lowest BCUT2D eigenvalue weighted by Gasteiger charge is -2.04. The molecule has 0 aliphatic carbocycles. The molecule has 0 saturated heterocycles. The van der Waals surface area contributed by atoms with Gasteiger partial charge in [-0.05, 0) is 71.1 Å². The van der Waals surface area contributed by atoms with Crippen LogP contribution in [0.15, 0.2) is 59.1 Å². The number of benzene rings is 2. The SMILES string of the molecule is O=C(CCc1ncc(-c2ccc(Cl)cc2)o1)Nc1ccc(I)cc1. The number of carbonyl (C=O) groups excluding carboxylic acids is 1. The summed E-state index contributed by atoms with van der Waals surface area (Å²) in [6, 6.07) is 15.0. The third kappa shape index (κ3) is 4.58. The first-order valence-electron chi connectivity index (χ1n) is 7.36. The summed E-state index contributed by atoms with van der Waals surface area (Å²) in [5, 5.41) is 3.53. The zero-order valence-corrected chi connectivity index (χ0v) is 15.5. The number of aryl methyl sites for hydroxylation is 1. The zero-order valence-electron chi connectivity index (χ0n) is 12.6. The van der Waals surface area contributed by atoms with Gasteiger partial charge in [-0.15, -0.1) is 0 Å². The van der Waals surface area contributed by atoms with Crippen molar-refractivity contribution in [2.45, 2.75) is 12.8 Å². The lowest BCUT2D eigenvalue weighted by atomic mass is 10.2. The highest BCUT2D eigenvalue weighted by atomic mass is 127. The Labute approximate surface area is 158 Å². The molecule has 1 amide bonds. The molecule has 0 aliphatic heterocycles. The molecule has 0 fully saturated rings. The van der Waals surface area contributed by atoms with Crippen LogP contribution < -0.4 is 5.32 Å². The fraction of sp³-hybridized carbons (Fsp3) is 0.111. The summed E-state index contributed by atoms with van der Waals surface area (Å²) in [7, 11) is 0. The minimum absolute atomic E-state index is 0.0672. The zero-order chi connectivity index (χ0) is 16.9. The topological polar surface area (TPSA) is 55.1 Å². The maximum Gasteiger partial charge on any atom is 0.224 e. The van der Waals surface area contributed by atoms with Gasteiger partial charge in [0, 0.05) is 32.7 Å². The average molecular weight is 453 g/mol. The molecule has 6 heteroatoms. The molecular weight excluding hydrogens is 439 g/mol. The number of rotatable bonds is 5. The Morgan fingerprint density at radius 3 is 2.54 bits per heavy atom. The molecule has 1 N–H and O–H groups in total. The van der Waals surface area contributed by atoms with Crippen molar-refractivity contribution in [1.82, 2.24) is 4.98 Å². The normalized spacial score (nSPS) is 10.6. The largest absolute Gasteiger partial charge is 0.441 e. The quantitative estimate of drug-likeness (QED) is 0.543. The Morgan fingerprint density at radius 2 is 1.83 bits per heavy atom. The molecular formula is C18H14ClIN2O2. The second-order valence-corrected chi connectivity index (χ2v) is 6.86. The highest BCUT2D eigenvalue weighted by Crippen LogP contribution is 2.22. The summed E-state index contributed by atoms with van der Waals surface area (Å²) >= 11 is 8.10. The van der Waals surface area contributed by atoms with Crippen molar-refractivity contribution in [3.8, 4) is 11.3 Å². The molecule has 1 aromatic heterocycles. The van der Waals surface area contributed by atoms with Crippen LogP contribution in [0.5, 0.6) is 0 Å². The first kappa shape index (κ1) is 17.0. The maximum absolute atomic E-state index is 12.0. The Hall–Kier alpha value is -1.86. The Bertz CT molecular complexity index is 829. The van der Waals surface area contributed by atoms with Crippen molar-refractivity contribution in [2.24, 2.45) is 0 Å². The third-order valence-corrected chi connectivity index (χ3v) is 4.35. The third-order valence-electron chi connectivity index (χ3n) is 3.38. The van der Waals surface area contributed by atoms with Gasteiger partial charge in [0.15, 0.2) is 11.7 Å². The minimum Gasteiger partial charge on any atom is -0.441 e. The molecule has 0 radical (unpaired) electrons. The molecule has 3 rings (SSSR count). The number of nitrogens with one attached hydrogen (secondary N) is 1. The summed E-state index contributed by atoms with van der Waals surface area (Å²) in [6.07, 6.45) is 2.42. The average Bonchev–Trinajstić information content (AvgIpc) is 3.05. The van der Waals surface area contributed by atoms with Gasteiger partial charge < -0.3 is 9.73 Å². The summed E-state index contributed by atoms with van der Waals surface area (Å²) in [4.78, 5) is 16.2. The van der Waals surface area contributed by atoms with Gasteiger partial charge in [-0.1, -0.05) is 11.6 Å². The van der Waals surface area contributed by atoms with E-state index in [4.69, 9.17) is 16.0 Å². The van der Waals surface area contributed by atoms with Crippen molar-refractivity contribution in [2.75, 3.05) is 5.32 Å². The number of halogens is 2. The number of hydrogen-bond acceptors (Lipinski definition) is 3. The van der Waals surface area contributed by atoms with Gasteiger partial charge in [-0.3, -0.25) is 4.79 Å². The highest BCUT2D eigenvalue weighted by Gasteiger charge is 2.09. The second kappa shape index (κ2) is 7.81. The van der Waals surface area contributed by atoms with E-state index in [1.54, 1.807) is 18.3 Å². The number of anilines is 1. The van der Waals surface area contributed by atoms with Crippen LogP contribution in [0.2, 0.25) is 5.02 Å². The van der Waals surface area contributed by atoms with Crippen LogP contribution in [-0.2, 0) is 11.2 Å². The molecule has 1 heterocycles. The molecule has 3 aromatic rings. The fourth-order valence-corrected chi connectivity index (χ4v) is 2.64. The molecule has 24 heavy (non-hydrogen) atoms. The Morgan fingerprint density at radius 1 is 1.12 bits per heavy atom. The first-order valence-corrected chi connectivity index (χ1v) is 8.82. The predicted octanol–water partition coefficient (Wildman–Crippen LogP) is 5.17. The molecule has 0 unspecified atom stereocenters. The molecule has 0 atom stereocenters. The predicted molar refractivity (Wildman–Crippen MR) is 103 cm³/mol. The molecule has 0 spiro atoms. The van der Waals surface area contributed by atoms with Crippen molar-refractivity contribution >= 4 is 45.8 Å². The van der Waals surface area contributed by atoms with E-state index in [1.807, 2.05) is 36.4 Å². The highest BCUT2D eigenvalue weighted by molar-refractivity contribution is 14.1. The van der Waals surface area contributed by atoms with Crippen LogP contribution >= 0.6 is 34.2 Å². The Balaban J connectivity index is 1.56. The van der Waals surface area contributed by atoms with Gasteiger partial charge in [-0.2, -0.15) is 0 Å². The summed E-state index contributed by atoms with van der Waals surface area (Å²) in [5.74, 6) is 1.14. The van der Waals surface area contributed by atoms with Crippen LogP contribution in [-0.4, -0.2) is 10.9 Å². The smallest absolute Gasteiger partial charge is 0.224 e. The van der Waals surface area contributed by atoms with E-state index < -0.39 is 0 Å². The van der Waals surface area contributed by atoms with Crippen LogP contribution in [0, 0.1) is 3.57 Å². The van der Waals surface area contributed by atoms with E-state index in [9.17, 15) is 4.79 Å². The standard InChI is InChI=1S/C18H14ClIN2O2/c19-13-3-1-12(2-4-13)16-11-21-18(24-16)10-9-17(23)22-15-7-5-14(20)6-8-15/h1-8,11H,9-10H2,(H,22,23). The summed E-state index contributed by atoms with van der Waals surface area (Å²) in [5.41, 5.74) is 1.69. The first-order chi connectivity index (χ1) is 11.6. The number of amides is 1. The molecule has 4 nitrogen and oxygen atoms in total. The minimum atomic E-state index is -0.0672. The number of oxazole rings is 1. The van der Waals surface area contributed by atoms with Gasteiger partial charge >= 0.3 is 0 Å². The second-order valence-electron chi connectivity index (χ2n) is 5.18. The van der Waals surface area contributed by atoms with Crippen molar-refractivity contribution in [3.05, 3.63) is 69.2 Å². The fourth-order valence-electron chi connectivity index (χ4n) is 2.15. The Kier molecular flexibility index (Phi) is 5.52. The van der Waals surface area contributed by atoms with Crippen LogP contribution in [0.4, 0.5) is 5.69 Å². The van der Waals surface area contributed by atoms with Gasteiger partial charge in [0.25, 0.3) is 0 Å². The molecule has 0 bridgehead atoms. The number of aromatic nitrogens is 1. The van der Waals surface area contributed by atoms with E-state index in [0.29, 0.717) is 29.5 Å². The van der Waals surface area contributed by atoms with Crippen molar-refractivity contribution in [3.63, 3.8) is 0 Å². The van der Waals surface area contributed by atoms with Crippen LogP contribution in [0.25, 0.3) is 11.3 Å². The molecule has 0 saturated carbocycles. The number of carbonyl (C=O) groups is 1.